The Hall–Kier alpha value is -3.40. The minimum Gasteiger partial charge on any atom is -0.493 e. The zero-order valence-electron chi connectivity index (χ0n) is 16.0. The van der Waals surface area contributed by atoms with Gasteiger partial charge in [0.25, 0.3) is 0 Å². The second-order valence-electron chi connectivity index (χ2n) is 7.16. The van der Waals surface area contributed by atoms with E-state index in [1.807, 2.05) is 30.7 Å². The lowest BCUT2D eigenvalue weighted by Crippen LogP contribution is -2.12. The molecule has 4 rings (SSSR count). The molecule has 142 valence electrons. The number of rotatable bonds is 5. The molecular formula is C21H20N4O3. The normalized spacial score (nSPS) is 13.5. The SMILES string of the molecule is COc1cc(C#N)ccc1OC(=O)c1cc(C2CC2)nc2c1cnn2C(C)C. The summed E-state index contributed by atoms with van der Waals surface area (Å²) in [5, 5.41) is 14.1. The van der Waals surface area contributed by atoms with E-state index in [1.165, 1.54) is 13.2 Å². The molecule has 2 aromatic heterocycles. The molecule has 28 heavy (non-hydrogen) atoms. The molecule has 3 aromatic rings. The number of pyridine rings is 1. The highest BCUT2D eigenvalue weighted by atomic mass is 16.6. The van der Waals surface area contributed by atoms with Crippen LogP contribution < -0.4 is 9.47 Å². The Balaban J connectivity index is 1.76. The van der Waals surface area contributed by atoms with Gasteiger partial charge in [-0.3, -0.25) is 0 Å². The number of fused-ring (bicyclic) bond motifs is 1. The Morgan fingerprint density at radius 3 is 2.71 bits per heavy atom. The van der Waals surface area contributed by atoms with Crippen molar-refractivity contribution in [3.05, 3.63) is 47.3 Å². The first-order chi connectivity index (χ1) is 13.5. The Bertz CT molecular complexity index is 1110. The smallest absolute Gasteiger partial charge is 0.344 e. The van der Waals surface area contributed by atoms with Crippen molar-refractivity contribution < 1.29 is 14.3 Å². The fourth-order valence-electron chi connectivity index (χ4n) is 3.15. The predicted octanol–water partition coefficient (Wildman–Crippen LogP) is 3.99. The second kappa shape index (κ2) is 6.97. The van der Waals surface area contributed by atoms with Gasteiger partial charge in [0.15, 0.2) is 17.1 Å². The van der Waals surface area contributed by atoms with E-state index in [0.29, 0.717) is 33.8 Å². The molecule has 1 aliphatic rings. The lowest BCUT2D eigenvalue weighted by Gasteiger charge is -2.12. The molecule has 0 amide bonds. The molecule has 0 unspecified atom stereocenters. The van der Waals surface area contributed by atoms with Gasteiger partial charge in [0, 0.05) is 23.7 Å². The van der Waals surface area contributed by atoms with Crippen molar-refractivity contribution in [2.45, 2.75) is 38.6 Å². The van der Waals surface area contributed by atoms with E-state index in [4.69, 9.17) is 19.7 Å². The minimum absolute atomic E-state index is 0.127. The van der Waals surface area contributed by atoms with Crippen molar-refractivity contribution >= 4 is 17.0 Å². The quantitative estimate of drug-likeness (QED) is 0.494. The van der Waals surface area contributed by atoms with E-state index in [1.54, 1.807) is 18.3 Å². The van der Waals surface area contributed by atoms with Gasteiger partial charge < -0.3 is 9.47 Å². The molecule has 1 fully saturated rings. The monoisotopic (exact) mass is 376 g/mol. The Morgan fingerprint density at radius 2 is 2.07 bits per heavy atom. The number of methoxy groups -OCH3 is 1. The van der Waals surface area contributed by atoms with Crippen molar-refractivity contribution in [2.24, 2.45) is 0 Å². The molecule has 0 atom stereocenters. The van der Waals surface area contributed by atoms with Gasteiger partial charge >= 0.3 is 5.97 Å². The molecule has 1 aliphatic carbocycles. The number of hydrogen-bond donors (Lipinski definition) is 0. The largest absolute Gasteiger partial charge is 0.493 e. The van der Waals surface area contributed by atoms with E-state index in [2.05, 4.69) is 5.10 Å². The maximum Gasteiger partial charge on any atom is 0.344 e. The number of benzene rings is 1. The van der Waals surface area contributed by atoms with Crippen molar-refractivity contribution in [1.82, 2.24) is 14.8 Å². The van der Waals surface area contributed by atoms with E-state index in [-0.39, 0.29) is 11.8 Å². The zero-order valence-corrected chi connectivity index (χ0v) is 16.0. The average Bonchev–Trinajstić information content (AvgIpc) is 3.46. The molecule has 1 aromatic carbocycles. The van der Waals surface area contributed by atoms with E-state index < -0.39 is 5.97 Å². The molecule has 0 aliphatic heterocycles. The van der Waals surface area contributed by atoms with Crippen LogP contribution in [-0.2, 0) is 0 Å². The van der Waals surface area contributed by atoms with Gasteiger partial charge in [-0.25, -0.2) is 14.5 Å². The number of aromatic nitrogens is 3. The lowest BCUT2D eigenvalue weighted by molar-refractivity contribution is 0.0731. The van der Waals surface area contributed by atoms with E-state index in [0.717, 1.165) is 18.5 Å². The highest BCUT2D eigenvalue weighted by molar-refractivity contribution is 6.03. The first-order valence-corrected chi connectivity index (χ1v) is 9.20. The summed E-state index contributed by atoms with van der Waals surface area (Å²) in [6.07, 6.45) is 3.81. The first kappa shape index (κ1) is 18.0. The molecule has 7 heteroatoms. The van der Waals surface area contributed by atoms with Crippen LogP contribution in [0, 0.1) is 11.3 Å². The van der Waals surface area contributed by atoms with Crippen LogP contribution in [0.2, 0.25) is 0 Å². The summed E-state index contributed by atoms with van der Waals surface area (Å²) in [6, 6.07) is 8.66. The molecule has 7 nitrogen and oxygen atoms in total. The molecular weight excluding hydrogens is 356 g/mol. The van der Waals surface area contributed by atoms with Gasteiger partial charge in [-0.15, -0.1) is 0 Å². The van der Waals surface area contributed by atoms with Gasteiger partial charge in [0.05, 0.1) is 35.9 Å². The summed E-state index contributed by atoms with van der Waals surface area (Å²) in [5.41, 5.74) is 2.45. The van der Waals surface area contributed by atoms with Crippen LogP contribution in [0.5, 0.6) is 11.5 Å². The lowest BCUT2D eigenvalue weighted by atomic mass is 10.1. The van der Waals surface area contributed by atoms with Crippen LogP contribution in [0.25, 0.3) is 11.0 Å². The van der Waals surface area contributed by atoms with Gasteiger partial charge in [-0.05, 0) is 44.9 Å². The van der Waals surface area contributed by atoms with Gasteiger partial charge in [-0.2, -0.15) is 10.4 Å². The minimum atomic E-state index is -0.499. The third-order valence-electron chi connectivity index (χ3n) is 4.79. The summed E-state index contributed by atoms with van der Waals surface area (Å²) in [4.78, 5) is 17.8. The molecule has 0 saturated heterocycles. The van der Waals surface area contributed by atoms with Crippen LogP contribution >= 0.6 is 0 Å². The standard InChI is InChI=1S/C21H20N4O3/c1-12(2)25-20-16(11-23-25)15(9-17(24-20)14-5-6-14)21(26)28-18-7-4-13(10-22)8-19(18)27-3/h4,7-9,11-12,14H,5-6H2,1-3H3. The second-order valence-corrected chi connectivity index (χ2v) is 7.16. The Labute approximate surface area is 162 Å². The summed E-state index contributed by atoms with van der Waals surface area (Å²) in [6.45, 7) is 4.05. The number of carbonyl (C=O) groups is 1. The van der Waals surface area contributed by atoms with Crippen molar-refractivity contribution in [3.8, 4) is 17.6 Å². The number of esters is 1. The third-order valence-corrected chi connectivity index (χ3v) is 4.79. The number of ether oxygens (including phenoxy) is 2. The molecule has 0 bridgehead atoms. The van der Waals surface area contributed by atoms with E-state index in [9.17, 15) is 4.79 Å². The van der Waals surface area contributed by atoms with Crippen molar-refractivity contribution in [3.63, 3.8) is 0 Å². The number of nitrogens with zero attached hydrogens (tertiary/aromatic N) is 4. The van der Waals surface area contributed by atoms with Gasteiger partial charge in [-0.1, -0.05) is 0 Å². The van der Waals surface area contributed by atoms with E-state index >= 15 is 0 Å². The zero-order chi connectivity index (χ0) is 19.8. The van der Waals surface area contributed by atoms with Gasteiger partial charge in [0.1, 0.15) is 0 Å². The van der Waals surface area contributed by atoms with Crippen LogP contribution in [-0.4, -0.2) is 27.8 Å². The summed E-state index contributed by atoms with van der Waals surface area (Å²) in [7, 11) is 1.47. The average molecular weight is 376 g/mol. The third kappa shape index (κ3) is 3.18. The topological polar surface area (TPSA) is 90.0 Å². The highest BCUT2D eigenvalue weighted by Gasteiger charge is 2.29. The molecule has 0 spiro atoms. The van der Waals surface area contributed by atoms with Crippen molar-refractivity contribution in [1.29, 1.82) is 5.26 Å². The highest BCUT2D eigenvalue weighted by Crippen LogP contribution is 2.40. The molecule has 0 N–H and O–H groups in total. The predicted molar refractivity (Wildman–Crippen MR) is 103 cm³/mol. The number of hydrogen-bond acceptors (Lipinski definition) is 6. The van der Waals surface area contributed by atoms with Crippen LogP contribution in [0.3, 0.4) is 0 Å². The first-order valence-electron chi connectivity index (χ1n) is 9.20. The summed E-state index contributed by atoms with van der Waals surface area (Å²) < 4.78 is 12.7. The molecule has 0 radical (unpaired) electrons. The van der Waals surface area contributed by atoms with Crippen LogP contribution in [0.1, 0.15) is 60.3 Å². The maximum atomic E-state index is 13.0. The number of carbonyl (C=O) groups excluding carboxylic acids is 1. The maximum absolute atomic E-state index is 13.0. The summed E-state index contributed by atoms with van der Waals surface area (Å²) in [5.74, 6) is 0.482. The fraction of sp³-hybridized carbons (Fsp3) is 0.333. The molecule has 2 heterocycles. The summed E-state index contributed by atoms with van der Waals surface area (Å²) >= 11 is 0. The number of nitriles is 1. The fourth-order valence-corrected chi connectivity index (χ4v) is 3.15. The Morgan fingerprint density at radius 1 is 1.29 bits per heavy atom. The van der Waals surface area contributed by atoms with Gasteiger partial charge in [0.2, 0.25) is 0 Å². The van der Waals surface area contributed by atoms with Crippen molar-refractivity contribution in [2.75, 3.05) is 7.11 Å². The van der Waals surface area contributed by atoms with Crippen LogP contribution in [0.4, 0.5) is 0 Å². The molecule has 1 saturated carbocycles. The Kier molecular flexibility index (Phi) is 4.47. The van der Waals surface area contributed by atoms with Crippen LogP contribution in [0.15, 0.2) is 30.5 Å².